The molecule has 1 aromatic heterocycles. The molecule has 110 valence electrons. The van der Waals surface area contributed by atoms with E-state index in [1.807, 2.05) is 27.7 Å². The van der Waals surface area contributed by atoms with Crippen LogP contribution in [0, 0.1) is 6.92 Å². The van der Waals surface area contributed by atoms with Gasteiger partial charge in [-0.05, 0) is 39.7 Å². The molecule has 0 aliphatic carbocycles. The zero-order chi connectivity index (χ0) is 14.8. The number of nitrogens with one attached hydrogen (secondary N) is 1. The summed E-state index contributed by atoms with van der Waals surface area (Å²) < 4.78 is 5.26. The number of hydrogen-bond acceptors (Lipinski definition) is 5. The predicted molar refractivity (Wildman–Crippen MR) is 76.8 cm³/mol. The van der Waals surface area contributed by atoms with E-state index >= 15 is 0 Å². The van der Waals surface area contributed by atoms with Gasteiger partial charge in [-0.2, -0.15) is 0 Å². The van der Waals surface area contributed by atoms with Crippen LogP contribution in [-0.4, -0.2) is 40.8 Å². The van der Waals surface area contributed by atoms with Gasteiger partial charge in [0, 0.05) is 25.5 Å². The van der Waals surface area contributed by atoms with Crippen LogP contribution in [0.25, 0.3) is 0 Å². The number of carbonyl (C=O) groups is 1. The Morgan fingerprint density at radius 1 is 1.40 bits per heavy atom. The van der Waals surface area contributed by atoms with Crippen LogP contribution in [0.4, 0.5) is 10.7 Å². The summed E-state index contributed by atoms with van der Waals surface area (Å²) in [5, 5.41) is 2.89. The van der Waals surface area contributed by atoms with Gasteiger partial charge in [0.2, 0.25) is 5.95 Å². The number of alkyl carbamates (subject to hydrolysis) is 1. The zero-order valence-corrected chi connectivity index (χ0v) is 12.5. The number of carbonyl (C=O) groups excluding carboxylic acids is 1. The van der Waals surface area contributed by atoms with Crippen LogP contribution in [0.2, 0.25) is 0 Å². The van der Waals surface area contributed by atoms with E-state index in [1.54, 1.807) is 12.4 Å². The lowest BCUT2D eigenvalue weighted by atomic mass is 10.2. The molecule has 1 amide bonds. The molecule has 0 bridgehead atoms. The third-order valence-corrected chi connectivity index (χ3v) is 2.96. The third-order valence-electron chi connectivity index (χ3n) is 2.96. The fourth-order valence-corrected chi connectivity index (χ4v) is 2.08. The summed E-state index contributed by atoms with van der Waals surface area (Å²) in [6, 6.07) is 0.0785. The van der Waals surface area contributed by atoms with Crippen LogP contribution in [0.5, 0.6) is 0 Å². The van der Waals surface area contributed by atoms with Crippen LogP contribution in [0.1, 0.15) is 32.8 Å². The molecule has 2 heterocycles. The average Bonchev–Trinajstić information content (AvgIpc) is 2.75. The molecule has 6 heteroatoms. The zero-order valence-electron chi connectivity index (χ0n) is 12.5. The first-order valence-corrected chi connectivity index (χ1v) is 6.86. The predicted octanol–water partition coefficient (Wildman–Crippen LogP) is 1.89. The first-order chi connectivity index (χ1) is 9.33. The summed E-state index contributed by atoms with van der Waals surface area (Å²) in [7, 11) is 0. The van der Waals surface area contributed by atoms with Crippen LogP contribution in [0.3, 0.4) is 0 Å². The van der Waals surface area contributed by atoms with Gasteiger partial charge < -0.3 is 15.0 Å². The van der Waals surface area contributed by atoms with Crippen molar-refractivity contribution in [2.24, 2.45) is 0 Å². The SMILES string of the molecule is Cc1cnc(N2CC[C@H](NC(=O)OC(C)(C)C)C2)nc1. The number of aryl methyl sites for hydroxylation is 1. The Labute approximate surface area is 119 Å². The standard InChI is InChI=1S/C14H22N4O2/c1-10-7-15-12(16-8-10)18-6-5-11(9-18)17-13(19)20-14(2,3)4/h7-8,11H,5-6,9H2,1-4H3,(H,17,19)/t11-/m0/s1. The number of aromatic nitrogens is 2. The van der Waals surface area contributed by atoms with Crippen molar-refractivity contribution in [2.75, 3.05) is 18.0 Å². The minimum Gasteiger partial charge on any atom is -0.444 e. The van der Waals surface area contributed by atoms with Crippen molar-refractivity contribution in [1.29, 1.82) is 0 Å². The Morgan fingerprint density at radius 2 is 2.05 bits per heavy atom. The lowest BCUT2D eigenvalue weighted by Crippen LogP contribution is -2.40. The van der Waals surface area contributed by atoms with Crippen LogP contribution < -0.4 is 10.2 Å². The first kappa shape index (κ1) is 14.6. The monoisotopic (exact) mass is 278 g/mol. The van der Waals surface area contributed by atoms with Crippen LogP contribution >= 0.6 is 0 Å². The van der Waals surface area contributed by atoms with E-state index in [9.17, 15) is 4.79 Å². The van der Waals surface area contributed by atoms with E-state index in [4.69, 9.17) is 4.74 Å². The second-order valence-corrected chi connectivity index (χ2v) is 6.14. The normalized spacial score (nSPS) is 19.0. The molecule has 20 heavy (non-hydrogen) atoms. The van der Waals surface area contributed by atoms with Gasteiger partial charge in [-0.25, -0.2) is 14.8 Å². The maximum atomic E-state index is 11.7. The Bertz CT molecular complexity index is 467. The van der Waals surface area contributed by atoms with Crippen molar-refractivity contribution < 1.29 is 9.53 Å². The summed E-state index contributed by atoms with van der Waals surface area (Å²) in [4.78, 5) is 22.4. The second-order valence-electron chi connectivity index (χ2n) is 6.14. The first-order valence-electron chi connectivity index (χ1n) is 6.86. The molecule has 1 aromatic rings. The topological polar surface area (TPSA) is 67.4 Å². The van der Waals surface area contributed by atoms with Crippen LogP contribution in [0.15, 0.2) is 12.4 Å². The number of rotatable bonds is 2. The van der Waals surface area contributed by atoms with Crippen molar-refractivity contribution >= 4 is 12.0 Å². The summed E-state index contributed by atoms with van der Waals surface area (Å²) in [6.45, 7) is 9.07. The van der Waals surface area contributed by atoms with Gasteiger partial charge in [0.05, 0.1) is 6.04 Å². The molecule has 6 nitrogen and oxygen atoms in total. The molecule has 0 radical (unpaired) electrons. The van der Waals surface area contributed by atoms with E-state index in [1.165, 1.54) is 0 Å². The minimum absolute atomic E-state index is 0.0785. The highest BCUT2D eigenvalue weighted by molar-refractivity contribution is 5.68. The fourth-order valence-electron chi connectivity index (χ4n) is 2.08. The maximum Gasteiger partial charge on any atom is 0.407 e. The van der Waals surface area contributed by atoms with E-state index < -0.39 is 5.60 Å². The van der Waals surface area contributed by atoms with Gasteiger partial charge in [0.15, 0.2) is 0 Å². The van der Waals surface area contributed by atoms with Gasteiger partial charge in [-0.15, -0.1) is 0 Å². The molecule has 0 unspecified atom stereocenters. The lowest BCUT2D eigenvalue weighted by Gasteiger charge is -2.22. The molecule has 1 N–H and O–H groups in total. The maximum absolute atomic E-state index is 11.7. The molecule has 1 fully saturated rings. The van der Waals surface area contributed by atoms with Gasteiger partial charge in [0.25, 0.3) is 0 Å². The second kappa shape index (κ2) is 5.64. The van der Waals surface area contributed by atoms with Crippen molar-refractivity contribution in [3.8, 4) is 0 Å². The molecular weight excluding hydrogens is 256 g/mol. The third kappa shape index (κ3) is 4.08. The Kier molecular flexibility index (Phi) is 4.11. The largest absolute Gasteiger partial charge is 0.444 e. The molecule has 0 saturated carbocycles. The molecule has 2 rings (SSSR count). The number of hydrogen-bond donors (Lipinski definition) is 1. The van der Waals surface area contributed by atoms with E-state index in [0.29, 0.717) is 12.5 Å². The number of ether oxygens (including phenoxy) is 1. The van der Waals surface area contributed by atoms with Crippen molar-refractivity contribution in [3.05, 3.63) is 18.0 Å². The summed E-state index contributed by atoms with van der Waals surface area (Å²) in [5.74, 6) is 0.712. The quantitative estimate of drug-likeness (QED) is 0.894. The highest BCUT2D eigenvalue weighted by Gasteiger charge is 2.27. The van der Waals surface area contributed by atoms with E-state index in [2.05, 4.69) is 20.2 Å². The fraction of sp³-hybridized carbons (Fsp3) is 0.643. The van der Waals surface area contributed by atoms with Crippen molar-refractivity contribution in [2.45, 2.75) is 45.8 Å². The van der Waals surface area contributed by atoms with Gasteiger partial charge in [-0.1, -0.05) is 0 Å². The lowest BCUT2D eigenvalue weighted by molar-refractivity contribution is 0.0509. The molecule has 0 spiro atoms. The molecule has 1 aliphatic rings. The number of nitrogens with zero attached hydrogens (tertiary/aromatic N) is 3. The summed E-state index contributed by atoms with van der Waals surface area (Å²) in [5.41, 5.74) is 0.569. The summed E-state index contributed by atoms with van der Waals surface area (Å²) >= 11 is 0. The molecule has 1 saturated heterocycles. The molecule has 1 atom stereocenters. The van der Waals surface area contributed by atoms with Gasteiger partial charge in [-0.3, -0.25) is 0 Å². The number of anilines is 1. The van der Waals surface area contributed by atoms with E-state index in [0.717, 1.165) is 18.5 Å². The Balaban J connectivity index is 1.86. The Morgan fingerprint density at radius 3 is 2.65 bits per heavy atom. The summed E-state index contributed by atoms with van der Waals surface area (Å²) in [6.07, 6.45) is 4.11. The van der Waals surface area contributed by atoms with E-state index in [-0.39, 0.29) is 12.1 Å². The number of amides is 1. The van der Waals surface area contributed by atoms with Gasteiger partial charge in [0.1, 0.15) is 5.60 Å². The molecular formula is C14H22N4O2. The molecule has 1 aliphatic heterocycles. The highest BCUT2D eigenvalue weighted by atomic mass is 16.6. The Hall–Kier alpha value is -1.85. The molecule has 0 aromatic carbocycles. The van der Waals surface area contributed by atoms with Crippen LogP contribution in [-0.2, 0) is 4.74 Å². The van der Waals surface area contributed by atoms with Gasteiger partial charge >= 0.3 is 6.09 Å². The highest BCUT2D eigenvalue weighted by Crippen LogP contribution is 2.16. The van der Waals surface area contributed by atoms with Crippen molar-refractivity contribution in [3.63, 3.8) is 0 Å². The van der Waals surface area contributed by atoms with Crippen molar-refractivity contribution in [1.82, 2.24) is 15.3 Å². The average molecular weight is 278 g/mol. The smallest absolute Gasteiger partial charge is 0.407 e. The minimum atomic E-state index is -0.470.